The topological polar surface area (TPSA) is 137 Å². The highest BCUT2D eigenvalue weighted by molar-refractivity contribution is 8.00. The number of phosphoric acid groups is 1. The van der Waals surface area contributed by atoms with Gasteiger partial charge in [0.1, 0.15) is 17.3 Å². The maximum absolute atomic E-state index is 14.6. The first-order chi connectivity index (χ1) is 18.7. The van der Waals surface area contributed by atoms with Crippen molar-refractivity contribution < 1.29 is 28.0 Å². The molecule has 0 aromatic carbocycles. The number of halogens is 1. The molecule has 1 aliphatic heterocycles. The Morgan fingerprint density at radius 1 is 0.974 bits per heavy atom. The number of alkyl halides is 1. The van der Waals surface area contributed by atoms with Gasteiger partial charge in [0.15, 0.2) is 6.17 Å². The number of aromatic nitrogens is 2. The summed E-state index contributed by atoms with van der Waals surface area (Å²) in [5.74, 6) is 0.0119. The minimum Gasteiger partial charge on any atom is -0.389 e. The molecule has 226 valence electrons. The van der Waals surface area contributed by atoms with Crippen LogP contribution in [0, 0.1) is 0 Å². The molecule has 2 unspecified atom stereocenters. The van der Waals surface area contributed by atoms with Gasteiger partial charge < -0.3 is 15.7 Å². The summed E-state index contributed by atoms with van der Waals surface area (Å²) in [6.45, 7) is 1.95. The minimum absolute atomic E-state index is 0.0119. The van der Waals surface area contributed by atoms with Crippen LogP contribution in [0.25, 0.3) is 0 Å². The van der Waals surface area contributed by atoms with Gasteiger partial charge in [-0.05, 0) is 12.5 Å². The van der Waals surface area contributed by atoms with Gasteiger partial charge in [-0.15, -0.1) is 11.8 Å². The molecule has 9 nitrogen and oxygen atoms in total. The third kappa shape index (κ3) is 13.5. The van der Waals surface area contributed by atoms with E-state index in [1.54, 1.807) is 0 Å². The second kappa shape index (κ2) is 19.2. The van der Waals surface area contributed by atoms with Gasteiger partial charge in [-0.2, -0.15) is 4.98 Å². The molecule has 2 heterocycles. The van der Waals surface area contributed by atoms with Crippen molar-refractivity contribution in [3.63, 3.8) is 0 Å². The molecule has 1 aromatic rings. The maximum Gasteiger partial charge on any atom is 0.472 e. The first-order valence-electron chi connectivity index (χ1n) is 14.7. The molecular formula is C27H49FN3O6PS. The maximum atomic E-state index is 14.6. The number of aliphatic hydroxyl groups is 1. The Balaban J connectivity index is 1.48. The van der Waals surface area contributed by atoms with Crippen LogP contribution in [-0.4, -0.2) is 50.3 Å². The fourth-order valence-electron chi connectivity index (χ4n) is 4.72. The summed E-state index contributed by atoms with van der Waals surface area (Å²) in [5.41, 5.74) is 4.73. The van der Waals surface area contributed by atoms with Crippen molar-refractivity contribution >= 4 is 25.4 Å². The zero-order valence-electron chi connectivity index (χ0n) is 23.4. The minimum atomic E-state index is -4.33. The molecule has 4 N–H and O–H groups in total. The van der Waals surface area contributed by atoms with Crippen LogP contribution in [0.3, 0.4) is 0 Å². The Kier molecular flexibility index (Phi) is 16.9. The highest BCUT2D eigenvalue weighted by Crippen LogP contribution is 2.48. The third-order valence-corrected chi connectivity index (χ3v) is 9.59. The Morgan fingerprint density at radius 3 is 2.00 bits per heavy atom. The fraction of sp³-hybridized carbons (Fsp3) is 0.852. The molecule has 5 atom stereocenters. The average molecular weight is 594 g/mol. The number of nitrogen functional groups attached to an aromatic ring is 1. The number of nitrogens with two attached hydrogens (primary N) is 1. The lowest BCUT2D eigenvalue weighted by Crippen LogP contribution is -2.33. The summed E-state index contributed by atoms with van der Waals surface area (Å²) in [5, 5.41) is 8.32. The molecule has 0 bridgehead atoms. The van der Waals surface area contributed by atoms with E-state index in [9.17, 15) is 23.7 Å². The Labute approximate surface area is 237 Å². The van der Waals surface area contributed by atoms with Crippen LogP contribution < -0.4 is 11.4 Å². The molecule has 2 rings (SSSR count). The molecule has 1 fully saturated rings. The summed E-state index contributed by atoms with van der Waals surface area (Å²) < 4.78 is 37.9. The van der Waals surface area contributed by atoms with Crippen LogP contribution in [0.15, 0.2) is 17.1 Å². The molecule has 12 heteroatoms. The zero-order valence-corrected chi connectivity index (χ0v) is 25.1. The molecule has 0 radical (unpaired) electrons. The van der Waals surface area contributed by atoms with Gasteiger partial charge in [-0.3, -0.25) is 13.6 Å². The van der Waals surface area contributed by atoms with Gasteiger partial charge in [0.2, 0.25) is 0 Å². The summed E-state index contributed by atoms with van der Waals surface area (Å²) in [4.78, 5) is 25.5. The van der Waals surface area contributed by atoms with E-state index >= 15 is 0 Å². The smallest absolute Gasteiger partial charge is 0.389 e. The van der Waals surface area contributed by atoms with E-state index in [1.807, 2.05) is 0 Å². The lowest BCUT2D eigenvalue weighted by atomic mass is 10.0. The second-order valence-corrected chi connectivity index (χ2v) is 13.3. The van der Waals surface area contributed by atoms with Gasteiger partial charge in [-0.1, -0.05) is 103 Å². The van der Waals surface area contributed by atoms with E-state index in [2.05, 4.69) is 11.9 Å². The van der Waals surface area contributed by atoms with Crippen molar-refractivity contribution in [1.29, 1.82) is 0 Å². The summed E-state index contributed by atoms with van der Waals surface area (Å²) >= 11 is 0.936. The van der Waals surface area contributed by atoms with Crippen molar-refractivity contribution in [2.75, 3.05) is 18.9 Å². The number of hydrogen-bond acceptors (Lipinski definition) is 8. The van der Waals surface area contributed by atoms with Crippen LogP contribution in [0.2, 0.25) is 0 Å². The van der Waals surface area contributed by atoms with Crippen LogP contribution in [0.1, 0.15) is 115 Å². The molecule has 0 spiro atoms. The summed E-state index contributed by atoms with van der Waals surface area (Å²) in [6.07, 6.45) is 17.9. The average Bonchev–Trinajstić information content (AvgIpc) is 3.18. The lowest BCUT2D eigenvalue weighted by molar-refractivity contribution is 0.0589. The second-order valence-electron chi connectivity index (χ2n) is 10.4. The number of rotatable bonds is 22. The molecule has 0 aliphatic carbocycles. The highest BCUT2D eigenvalue weighted by Gasteiger charge is 2.46. The largest absolute Gasteiger partial charge is 0.472 e. The number of aliphatic hydroxyl groups excluding tert-OH is 1. The highest BCUT2D eigenvalue weighted by atomic mass is 32.2. The molecule has 1 saturated heterocycles. The van der Waals surface area contributed by atoms with Crippen molar-refractivity contribution in [1.82, 2.24) is 9.55 Å². The van der Waals surface area contributed by atoms with E-state index in [0.29, 0.717) is 6.42 Å². The molecule has 1 aromatic heterocycles. The number of unbranched alkanes of at least 4 members (excludes halogenated alkanes) is 15. The zero-order chi connectivity index (χ0) is 28.5. The Morgan fingerprint density at radius 2 is 1.49 bits per heavy atom. The number of thioether (sulfide) groups is 1. The monoisotopic (exact) mass is 593 g/mol. The molecule has 0 amide bonds. The van der Waals surface area contributed by atoms with Gasteiger partial charge in [0.25, 0.3) is 0 Å². The molecule has 1 aliphatic rings. The quantitative estimate of drug-likeness (QED) is 0.101. The van der Waals surface area contributed by atoms with E-state index in [0.717, 1.165) is 35.6 Å². The van der Waals surface area contributed by atoms with E-state index in [-0.39, 0.29) is 12.4 Å². The van der Waals surface area contributed by atoms with E-state index in [4.69, 9.17) is 14.8 Å². The predicted octanol–water partition coefficient (Wildman–Crippen LogP) is 6.53. The van der Waals surface area contributed by atoms with Crippen molar-refractivity contribution in [3.8, 4) is 0 Å². The SMILES string of the molecule is CCCCCCCCCCCCCCCCCCOP(=O)(O)OC[C@H]1SC(n2ccc(N)nc2=O)[C@@H](F)[C@@H]1O. The standard InChI is InChI=1S/C27H49FN3O6PS/c1-2-3-4-5-6-7-8-9-10-11-12-13-14-15-16-17-20-36-38(34,35)37-21-22-25(32)24(28)26(39-22)31-19-18-23(29)30-27(31)33/h18-19,22,24-26,32H,2-17,20-21H2,1H3,(H,34,35)(H2,29,30,33)/t22-,24+,25-,26?/m1/s1. The number of hydrogen-bond donors (Lipinski definition) is 3. The third-order valence-electron chi connectivity index (χ3n) is 7.07. The van der Waals surface area contributed by atoms with Gasteiger partial charge in [-0.25, -0.2) is 13.8 Å². The summed E-state index contributed by atoms with van der Waals surface area (Å²) in [6, 6.07) is 1.36. The molecule has 39 heavy (non-hydrogen) atoms. The first kappa shape index (κ1) is 34.2. The van der Waals surface area contributed by atoms with Crippen LogP contribution in [0.4, 0.5) is 10.2 Å². The predicted molar refractivity (Wildman–Crippen MR) is 156 cm³/mol. The van der Waals surface area contributed by atoms with Crippen molar-refractivity contribution in [2.45, 2.75) is 133 Å². The van der Waals surface area contributed by atoms with Crippen molar-refractivity contribution in [3.05, 3.63) is 22.7 Å². The van der Waals surface area contributed by atoms with Gasteiger partial charge in [0, 0.05) is 6.20 Å². The lowest BCUT2D eigenvalue weighted by Gasteiger charge is -2.17. The Bertz CT molecular complexity index is 911. The number of phosphoric ester groups is 1. The fourth-order valence-corrected chi connectivity index (χ4v) is 7.02. The van der Waals surface area contributed by atoms with Gasteiger partial charge in [0.05, 0.1) is 18.5 Å². The molecule has 0 saturated carbocycles. The number of nitrogens with zero attached hydrogens (tertiary/aromatic N) is 2. The van der Waals surface area contributed by atoms with Crippen LogP contribution >= 0.6 is 19.6 Å². The van der Waals surface area contributed by atoms with Crippen LogP contribution in [-0.2, 0) is 13.6 Å². The number of anilines is 1. The summed E-state index contributed by atoms with van der Waals surface area (Å²) in [7, 11) is -4.33. The first-order valence-corrected chi connectivity index (χ1v) is 17.1. The van der Waals surface area contributed by atoms with Gasteiger partial charge >= 0.3 is 13.5 Å². The van der Waals surface area contributed by atoms with Crippen LogP contribution in [0.5, 0.6) is 0 Å². The van der Waals surface area contributed by atoms with Crippen molar-refractivity contribution in [2.24, 2.45) is 0 Å². The normalized spacial score (nSPS) is 22.8. The van der Waals surface area contributed by atoms with E-state index in [1.165, 1.54) is 89.3 Å². The van der Waals surface area contributed by atoms with E-state index < -0.39 is 43.0 Å². The molecular weight excluding hydrogens is 544 g/mol. The Hall–Kier alpha value is -0.970.